The molecule has 0 amide bonds. The predicted octanol–water partition coefficient (Wildman–Crippen LogP) is 2.08. The zero-order chi connectivity index (χ0) is 13.1. The number of nitro benzene ring substituents is 1. The Morgan fingerprint density at radius 3 is 2.72 bits per heavy atom. The van der Waals surface area contributed by atoms with Crippen molar-refractivity contribution in [2.24, 2.45) is 0 Å². The summed E-state index contributed by atoms with van der Waals surface area (Å²) in [6.45, 7) is 0.245. The highest BCUT2D eigenvalue weighted by Gasteiger charge is 2.10. The molecule has 1 heterocycles. The first kappa shape index (κ1) is 12.3. The Bertz CT molecular complexity index is 580. The van der Waals surface area contributed by atoms with Crippen LogP contribution in [0.4, 0.5) is 10.1 Å². The second kappa shape index (κ2) is 4.97. The minimum Gasteiger partial charge on any atom is -0.392 e. The molecule has 5 nitrogen and oxygen atoms in total. The molecule has 0 aliphatic carbocycles. The summed E-state index contributed by atoms with van der Waals surface area (Å²) >= 11 is 0. The summed E-state index contributed by atoms with van der Waals surface area (Å²) in [4.78, 5) is 9.98. The number of hydrogen-bond acceptors (Lipinski definition) is 3. The van der Waals surface area contributed by atoms with Gasteiger partial charge in [-0.2, -0.15) is 0 Å². The van der Waals surface area contributed by atoms with Gasteiger partial charge in [-0.25, -0.2) is 4.39 Å². The number of rotatable bonds is 4. The van der Waals surface area contributed by atoms with E-state index in [0.29, 0.717) is 12.1 Å². The molecule has 18 heavy (non-hydrogen) atoms. The van der Waals surface area contributed by atoms with Crippen LogP contribution in [-0.2, 0) is 13.2 Å². The Morgan fingerprint density at radius 2 is 2.11 bits per heavy atom. The van der Waals surface area contributed by atoms with Gasteiger partial charge in [0.05, 0.1) is 17.6 Å². The van der Waals surface area contributed by atoms with Crippen molar-refractivity contribution in [1.29, 1.82) is 0 Å². The molecule has 0 fully saturated rings. The van der Waals surface area contributed by atoms with Crippen molar-refractivity contribution >= 4 is 5.69 Å². The Morgan fingerprint density at radius 1 is 1.33 bits per heavy atom. The monoisotopic (exact) mass is 250 g/mol. The number of aromatic nitrogens is 1. The summed E-state index contributed by atoms with van der Waals surface area (Å²) in [5.74, 6) is -0.631. The number of nitro groups is 1. The molecule has 1 aromatic carbocycles. The van der Waals surface area contributed by atoms with Crippen molar-refractivity contribution in [2.75, 3.05) is 0 Å². The molecule has 2 aromatic rings. The van der Waals surface area contributed by atoms with E-state index in [2.05, 4.69) is 0 Å². The summed E-state index contributed by atoms with van der Waals surface area (Å²) in [5, 5.41) is 19.5. The van der Waals surface area contributed by atoms with Crippen molar-refractivity contribution in [3.8, 4) is 0 Å². The highest BCUT2D eigenvalue weighted by atomic mass is 19.1. The van der Waals surface area contributed by atoms with Crippen LogP contribution in [0.3, 0.4) is 0 Å². The molecular weight excluding hydrogens is 239 g/mol. The third kappa shape index (κ3) is 2.72. The van der Waals surface area contributed by atoms with Gasteiger partial charge in [0.1, 0.15) is 5.82 Å². The van der Waals surface area contributed by atoms with Gasteiger partial charge in [0.25, 0.3) is 5.69 Å². The number of benzene rings is 1. The average Bonchev–Trinajstić information content (AvgIpc) is 2.76. The number of aliphatic hydroxyl groups excluding tert-OH is 1. The van der Waals surface area contributed by atoms with E-state index in [1.807, 2.05) is 0 Å². The highest BCUT2D eigenvalue weighted by molar-refractivity contribution is 5.35. The number of nitrogens with zero attached hydrogens (tertiary/aromatic N) is 2. The molecule has 0 atom stereocenters. The predicted molar refractivity (Wildman–Crippen MR) is 62.5 cm³/mol. The van der Waals surface area contributed by atoms with E-state index in [9.17, 15) is 14.5 Å². The average molecular weight is 250 g/mol. The largest absolute Gasteiger partial charge is 0.392 e. The van der Waals surface area contributed by atoms with Gasteiger partial charge in [0.15, 0.2) is 0 Å². The molecule has 0 unspecified atom stereocenters. The molecule has 0 saturated heterocycles. The molecule has 94 valence electrons. The maximum Gasteiger partial charge on any atom is 0.272 e. The number of aliphatic hydroxyl groups is 1. The third-order valence-electron chi connectivity index (χ3n) is 2.51. The van der Waals surface area contributed by atoms with E-state index in [-0.39, 0.29) is 12.3 Å². The van der Waals surface area contributed by atoms with E-state index in [4.69, 9.17) is 5.11 Å². The molecular formula is C12H11FN2O3. The molecule has 2 rings (SSSR count). The Balaban J connectivity index is 2.25. The topological polar surface area (TPSA) is 68.3 Å². The smallest absolute Gasteiger partial charge is 0.272 e. The first-order valence-electron chi connectivity index (χ1n) is 5.28. The molecule has 1 aromatic heterocycles. The zero-order valence-electron chi connectivity index (χ0n) is 9.41. The minimum absolute atomic E-state index is 0.0731. The highest BCUT2D eigenvalue weighted by Crippen LogP contribution is 2.17. The van der Waals surface area contributed by atoms with Gasteiger partial charge in [0, 0.05) is 25.0 Å². The van der Waals surface area contributed by atoms with Crippen LogP contribution in [0.5, 0.6) is 0 Å². The van der Waals surface area contributed by atoms with Gasteiger partial charge < -0.3 is 9.67 Å². The Hall–Kier alpha value is -2.21. The van der Waals surface area contributed by atoms with Crippen molar-refractivity contribution in [2.45, 2.75) is 13.2 Å². The molecule has 0 spiro atoms. The van der Waals surface area contributed by atoms with Crippen LogP contribution in [-0.4, -0.2) is 14.6 Å². The summed E-state index contributed by atoms with van der Waals surface area (Å²) in [6.07, 6.45) is 3.43. The summed E-state index contributed by atoms with van der Waals surface area (Å²) < 4.78 is 14.9. The van der Waals surface area contributed by atoms with E-state index >= 15 is 0 Å². The molecule has 0 aliphatic rings. The Kier molecular flexibility index (Phi) is 3.38. The molecule has 0 radical (unpaired) electrons. The molecule has 0 saturated carbocycles. The lowest BCUT2D eigenvalue weighted by molar-refractivity contribution is -0.385. The minimum atomic E-state index is -0.631. The lowest BCUT2D eigenvalue weighted by Crippen LogP contribution is -1.99. The lowest BCUT2D eigenvalue weighted by Gasteiger charge is -2.03. The second-order valence-electron chi connectivity index (χ2n) is 3.92. The fourth-order valence-electron chi connectivity index (χ4n) is 1.72. The quantitative estimate of drug-likeness (QED) is 0.667. The normalized spacial score (nSPS) is 10.6. The number of non-ortho nitro benzene ring substituents is 1. The summed E-state index contributed by atoms with van der Waals surface area (Å²) in [5.41, 5.74) is 0.974. The van der Waals surface area contributed by atoms with Gasteiger partial charge in [-0.3, -0.25) is 10.1 Å². The first-order valence-corrected chi connectivity index (χ1v) is 5.28. The van der Waals surface area contributed by atoms with Gasteiger partial charge in [-0.05, 0) is 23.3 Å². The van der Waals surface area contributed by atoms with Gasteiger partial charge in [-0.1, -0.05) is 0 Å². The van der Waals surface area contributed by atoms with E-state index in [0.717, 1.165) is 11.6 Å². The molecule has 6 heteroatoms. The molecule has 0 aliphatic heterocycles. The number of hydrogen-bond donors (Lipinski definition) is 1. The van der Waals surface area contributed by atoms with Crippen LogP contribution in [0.15, 0.2) is 36.7 Å². The fraction of sp³-hybridized carbons (Fsp3) is 0.167. The SMILES string of the molecule is O=[N+]([O-])c1cc(F)cc(Cn2ccc(CO)c2)c1. The fourth-order valence-corrected chi connectivity index (χ4v) is 1.72. The third-order valence-corrected chi connectivity index (χ3v) is 2.51. The van der Waals surface area contributed by atoms with Crippen LogP contribution >= 0.6 is 0 Å². The molecule has 0 bridgehead atoms. The van der Waals surface area contributed by atoms with Crippen LogP contribution in [0.1, 0.15) is 11.1 Å². The van der Waals surface area contributed by atoms with Crippen LogP contribution in [0.25, 0.3) is 0 Å². The zero-order valence-corrected chi connectivity index (χ0v) is 9.41. The Labute approximate surface area is 102 Å². The van der Waals surface area contributed by atoms with Gasteiger partial charge >= 0.3 is 0 Å². The maximum absolute atomic E-state index is 13.2. The van der Waals surface area contributed by atoms with Crippen LogP contribution in [0, 0.1) is 15.9 Å². The van der Waals surface area contributed by atoms with Gasteiger partial charge in [0.2, 0.25) is 0 Å². The van der Waals surface area contributed by atoms with Gasteiger partial charge in [-0.15, -0.1) is 0 Å². The standard InChI is InChI=1S/C12H11FN2O3/c13-11-3-10(4-12(5-11)15(17)18)7-14-2-1-9(6-14)8-16/h1-6,16H,7-8H2. The maximum atomic E-state index is 13.2. The lowest BCUT2D eigenvalue weighted by atomic mass is 10.2. The van der Waals surface area contributed by atoms with Crippen LogP contribution < -0.4 is 0 Å². The molecule has 1 N–H and O–H groups in total. The van der Waals surface area contributed by atoms with Crippen molar-refractivity contribution < 1.29 is 14.4 Å². The van der Waals surface area contributed by atoms with Crippen LogP contribution in [0.2, 0.25) is 0 Å². The first-order chi connectivity index (χ1) is 8.58. The van der Waals surface area contributed by atoms with Crippen molar-refractivity contribution in [3.63, 3.8) is 0 Å². The van der Waals surface area contributed by atoms with E-state index in [1.165, 1.54) is 12.1 Å². The summed E-state index contributed by atoms with van der Waals surface area (Å²) in [7, 11) is 0. The second-order valence-corrected chi connectivity index (χ2v) is 3.92. The summed E-state index contributed by atoms with van der Waals surface area (Å²) in [6, 6.07) is 5.21. The van der Waals surface area contributed by atoms with Crippen molar-refractivity contribution in [3.05, 3.63) is 63.7 Å². The van der Waals surface area contributed by atoms with E-state index in [1.54, 1.807) is 23.0 Å². The van der Waals surface area contributed by atoms with Crippen molar-refractivity contribution in [1.82, 2.24) is 4.57 Å². The number of halogens is 1. The van der Waals surface area contributed by atoms with E-state index < -0.39 is 10.7 Å².